The Morgan fingerprint density at radius 2 is 2.15 bits per heavy atom. The smallest absolute Gasteiger partial charge is 0.189 e. The first kappa shape index (κ1) is 12.2. The molecule has 0 aliphatic heterocycles. The molecule has 0 saturated heterocycles. The van der Waals surface area contributed by atoms with Crippen molar-refractivity contribution in [2.24, 2.45) is 10.7 Å². The third-order valence-corrected chi connectivity index (χ3v) is 2.06. The molecule has 0 heterocycles. The van der Waals surface area contributed by atoms with E-state index in [1.807, 2.05) is 20.8 Å². The predicted molar refractivity (Wildman–Crippen MR) is 55.7 cm³/mol. The lowest BCUT2D eigenvalue weighted by Crippen LogP contribution is -2.51. The summed E-state index contributed by atoms with van der Waals surface area (Å²) >= 11 is 0. The number of aliphatic hydroxyl groups is 1. The van der Waals surface area contributed by atoms with E-state index in [0.717, 1.165) is 19.4 Å². The van der Waals surface area contributed by atoms with Crippen LogP contribution in [0.2, 0.25) is 0 Å². The number of nitrogens with zero attached hydrogens (tertiary/aromatic N) is 1. The molecule has 0 aromatic heterocycles. The van der Waals surface area contributed by atoms with Gasteiger partial charge in [0.2, 0.25) is 0 Å². The fourth-order valence-corrected chi connectivity index (χ4v) is 0.821. The molecule has 0 spiro atoms. The molecule has 13 heavy (non-hydrogen) atoms. The van der Waals surface area contributed by atoms with Gasteiger partial charge in [-0.25, -0.2) is 0 Å². The lowest BCUT2D eigenvalue weighted by Gasteiger charge is -2.27. The topological polar surface area (TPSA) is 70.6 Å². The average Bonchev–Trinajstić information content (AvgIpc) is 2.14. The molecule has 1 atom stereocenters. The van der Waals surface area contributed by atoms with Gasteiger partial charge in [0.05, 0.1) is 12.1 Å². The van der Waals surface area contributed by atoms with E-state index in [1.165, 1.54) is 0 Å². The minimum absolute atomic E-state index is 0.0614. The third-order valence-electron chi connectivity index (χ3n) is 2.06. The fourth-order valence-electron chi connectivity index (χ4n) is 0.821. The van der Waals surface area contributed by atoms with Gasteiger partial charge in [-0.15, -0.1) is 0 Å². The zero-order valence-electron chi connectivity index (χ0n) is 8.80. The zero-order chi connectivity index (χ0) is 10.3. The molecule has 0 rings (SSSR count). The molecule has 0 amide bonds. The molecule has 1 unspecified atom stereocenters. The summed E-state index contributed by atoms with van der Waals surface area (Å²) in [7, 11) is 0. The van der Waals surface area contributed by atoms with Crippen LogP contribution in [0.25, 0.3) is 0 Å². The van der Waals surface area contributed by atoms with Gasteiger partial charge in [-0.05, 0) is 19.8 Å². The summed E-state index contributed by atoms with van der Waals surface area (Å²) in [5.74, 6) is 0.417. The van der Waals surface area contributed by atoms with Gasteiger partial charge in [0.1, 0.15) is 0 Å². The standard InChI is InChI=1S/C9H21N3O/c1-4-6-11-8(10)12-9(3,5-2)7-13/h13H,4-7H2,1-3H3,(H3,10,11,12). The van der Waals surface area contributed by atoms with Crippen molar-refractivity contribution < 1.29 is 5.11 Å². The highest BCUT2D eigenvalue weighted by molar-refractivity contribution is 5.78. The zero-order valence-corrected chi connectivity index (χ0v) is 8.80. The average molecular weight is 187 g/mol. The Kier molecular flexibility index (Phi) is 5.46. The van der Waals surface area contributed by atoms with Crippen molar-refractivity contribution in [3.63, 3.8) is 0 Å². The van der Waals surface area contributed by atoms with Crippen LogP contribution in [-0.2, 0) is 0 Å². The Morgan fingerprint density at radius 1 is 1.54 bits per heavy atom. The minimum Gasteiger partial charge on any atom is -0.394 e. The van der Waals surface area contributed by atoms with Crippen LogP contribution < -0.4 is 11.1 Å². The molecule has 4 N–H and O–H groups in total. The molecule has 0 fully saturated rings. The van der Waals surface area contributed by atoms with Gasteiger partial charge in [0.15, 0.2) is 5.96 Å². The first-order valence-electron chi connectivity index (χ1n) is 4.77. The highest BCUT2D eigenvalue weighted by atomic mass is 16.3. The lowest BCUT2D eigenvalue weighted by atomic mass is 10.0. The van der Waals surface area contributed by atoms with Crippen LogP contribution in [0.4, 0.5) is 0 Å². The number of hydrogen-bond acceptors (Lipinski definition) is 2. The molecular weight excluding hydrogens is 166 g/mol. The fraction of sp³-hybridized carbons (Fsp3) is 0.889. The first-order valence-corrected chi connectivity index (χ1v) is 4.77. The van der Waals surface area contributed by atoms with Crippen LogP contribution in [0.15, 0.2) is 4.99 Å². The van der Waals surface area contributed by atoms with E-state index < -0.39 is 0 Å². The van der Waals surface area contributed by atoms with Gasteiger partial charge in [-0.1, -0.05) is 13.8 Å². The molecule has 0 aromatic carbocycles. The van der Waals surface area contributed by atoms with Crippen LogP contribution in [-0.4, -0.2) is 29.8 Å². The van der Waals surface area contributed by atoms with E-state index in [1.54, 1.807) is 0 Å². The molecular formula is C9H21N3O. The summed E-state index contributed by atoms with van der Waals surface area (Å²) in [6.07, 6.45) is 1.79. The van der Waals surface area contributed by atoms with Gasteiger partial charge in [0, 0.05) is 6.54 Å². The molecule has 4 heteroatoms. The van der Waals surface area contributed by atoms with E-state index in [9.17, 15) is 0 Å². The van der Waals surface area contributed by atoms with Crippen molar-refractivity contribution in [1.82, 2.24) is 5.32 Å². The van der Waals surface area contributed by atoms with Crippen LogP contribution in [0.1, 0.15) is 33.6 Å². The van der Waals surface area contributed by atoms with E-state index in [-0.39, 0.29) is 12.1 Å². The quantitative estimate of drug-likeness (QED) is 0.432. The second-order valence-corrected chi connectivity index (χ2v) is 3.46. The third kappa shape index (κ3) is 4.72. The molecule has 0 aliphatic rings. The summed E-state index contributed by atoms with van der Waals surface area (Å²) in [6.45, 7) is 6.75. The Labute approximate surface area is 80.2 Å². The number of aliphatic hydroxyl groups excluding tert-OH is 1. The Balaban J connectivity index is 4.08. The molecule has 0 bridgehead atoms. The molecule has 0 saturated carbocycles. The van der Waals surface area contributed by atoms with Crippen LogP contribution in [0.3, 0.4) is 0 Å². The van der Waals surface area contributed by atoms with Crippen molar-refractivity contribution >= 4 is 5.96 Å². The summed E-state index contributed by atoms with van der Waals surface area (Å²) < 4.78 is 0. The van der Waals surface area contributed by atoms with Gasteiger partial charge in [0.25, 0.3) is 0 Å². The van der Waals surface area contributed by atoms with Crippen molar-refractivity contribution in [2.45, 2.75) is 39.2 Å². The van der Waals surface area contributed by atoms with Gasteiger partial charge in [-0.2, -0.15) is 0 Å². The van der Waals surface area contributed by atoms with Crippen molar-refractivity contribution in [3.05, 3.63) is 0 Å². The maximum absolute atomic E-state index is 9.09. The van der Waals surface area contributed by atoms with E-state index >= 15 is 0 Å². The summed E-state index contributed by atoms with van der Waals surface area (Å²) in [5.41, 5.74) is 5.28. The SMILES string of the molecule is CCCN=C(N)NC(C)(CC)CO. The van der Waals surface area contributed by atoms with Crippen molar-refractivity contribution in [2.75, 3.05) is 13.2 Å². The maximum Gasteiger partial charge on any atom is 0.189 e. The number of aliphatic imine (C=N–C) groups is 1. The lowest BCUT2D eigenvalue weighted by molar-refractivity contribution is 0.188. The van der Waals surface area contributed by atoms with Crippen LogP contribution in [0.5, 0.6) is 0 Å². The van der Waals surface area contributed by atoms with Crippen LogP contribution in [0, 0.1) is 0 Å². The van der Waals surface area contributed by atoms with Gasteiger partial charge >= 0.3 is 0 Å². The van der Waals surface area contributed by atoms with E-state index in [4.69, 9.17) is 10.8 Å². The number of guanidine groups is 1. The molecule has 78 valence electrons. The maximum atomic E-state index is 9.09. The molecule has 4 nitrogen and oxygen atoms in total. The Morgan fingerprint density at radius 3 is 2.54 bits per heavy atom. The summed E-state index contributed by atoms with van der Waals surface area (Å²) in [5, 5.41) is 12.1. The second-order valence-electron chi connectivity index (χ2n) is 3.46. The highest BCUT2D eigenvalue weighted by Crippen LogP contribution is 2.06. The molecule has 0 aliphatic carbocycles. The Bertz CT molecular complexity index is 164. The predicted octanol–water partition coefficient (Wildman–Crippen LogP) is 0.462. The summed E-state index contributed by atoms with van der Waals surface area (Å²) in [6, 6.07) is 0. The largest absolute Gasteiger partial charge is 0.394 e. The van der Waals surface area contributed by atoms with Gasteiger partial charge in [-0.3, -0.25) is 4.99 Å². The number of hydrogen-bond donors (Lipinski definition) is 3. The van der Waals surface area contributed by atoms with Crippen molar-refractivity contribution in [1.29, 1.82) is 0 Å². The highest BCUT2D eigenvalue weighted by Gasteiger charge is 2.20. The van der Waals surface area contributed by atoms with E-state index in [0.29, 0.717) is 5.96 Å². The number of nitrogens with two attached hydrogens (primary N) is 1. The summed E-state index contributed by atoms with van der Waals surface area (Å²) in [4.78, 5) is 4.10. The molecule has 0 aromatic rings. The normalized spacial score (nSPS) is 16.8. The van der Waals surface area contributed by atoms with Crippen LogP contribution >= 0.6 is 0 Å². The monoisotopic (exact) mass is 187 g/mol. The second kappa shape index (κ2) is 5.80. The van der Waals surface area contributed by atoms with E-state index in [2.05, 4.69) is 10.3 Å². The van der Waals surface area contributed by atoms with Gasteiger partial charge < -0.3 is 16.2 Å². The number of rotatable bonds is 5. The Hall–Kier alpha value is -0.770. The van der Waals surface area contributed by atoms with Crippen molar-refractivity contribution in [3.8, 4) is 0 Å². The minimum atomic E-state index is -0.346. The number of nitrogens with one attached hydrogen (secondary N) is 1. The molecule has 0 radical (unpaired) electrons. The first-order chi connectivity index (χ1) is 6.08.